The van der Waals surface area contributed by atoms with Crippen LogP contribution < -0.4 is 18.9 Å². The van der Waals surface area contributed by atoms with E-state index in [2.05, 4.69) is 48.1 Å². The van der Waals surface area contributed by atoms with Gasteiger partial charge in [0.15, 0.2) is 0 Å². The van der Waals surface area contributed by atoms with E-state index in [9.17, 15) is 0 Å². The number of hydrogen-bond acceptors (Lipinski definition) is 8. The van der Waals surface area contributed by atoms with E-state index in [0.717, 1.165) is 59.4 Å². The van der Waals surface area contributed by atoms with Gasteiger partial charge in [-0.2, -0.15) is 4.98 Å². The third-order valence-electron chi connectivity index (χ3n) is 8.65. The maximum atomic E-state index is 6.01. The minimum atomic E-state index is 0.206. The Morgan fingerprint density at radius 3 is 1.33 bits per heavy atom. The van der Waals surface area contributed by atoms with Gasteiger partial charge in [-0.15, -0.1) is 0 Å². The highest BCUT2D eigenvalue weighted by Gasteiger charge is 2.37. The smallest absolute Gasteiger partial charge is 0.325 e. The third kappa shape index (κ3) is 8.32. The van der Waals surface area contributed by atoms with Gasteiger partial charge in [-0.3, -0.25) is 0 Å². The van der Waals surface area contributed by atoms with Gasteiger partial charge in [0.25, 0.3) is 0 Å². The molecule has 4 atom stereocenters. The van der Waals surface area contributed by atoms with Crippen molar-refractivity contribution in [3.8, 4) is 57.1 Å². The average Bonchev–Trinajstić information content (AvgIpc) is 4.06. The zero-order valence-electron chi connectivity index (χ0n) is 27.3. The topological polar surface area (TPSA) is 87.8 Å². The molecule has 0 saturated carbocycles. The SMILES string of the molecule is CCC1OC1CCOc1ccc(-c2ccc(Oc3ccnc(Oc4ccc(-c5ccc(OCCC6OC6CC)cc5)cc4)n3)cc2)cc1. The summed E-state index contributed by atoms with van der Waals surface area (Å²) in [4.78, 5) is 8.70. The largest absolute Gasteiger partial charge is 0.493 e. The van der Waals surface area contributed by atoms with Gasteiger partial charge in [0, 0.05) is 25.1 Å². The molecular formula is C40H40N2O6. The van der Waals surface area contributed by atoms with Crippen LogP contribution in [0.1, 0.15) is 39.5 Å². The predicted molar refractivity (Wildman–Crippen MR) is 184 cm³/mol. The first kappa shape index (κ1) is 31.7. The molecule has 3 heterocycles. The number of rotatable bonds is 16. The molecule has 0 N–H and O–H groups in total. The van der Waals surface area contributed by atoms with Crippen molar-refractivity contribution in [2.45, 2.75) is 63.9 Å². The Morgan fingerprint density at radius 1 is 0.500 bits per heavy atom. The molecule has 0 radical (unpaired) electrons. The molecule has 4 unspecified atom stereocenters. The fraction of sp³-hybridized carbons (Fsp3) is 0.300. The second-order valence-electron chi connectivity index (χ2n) is 12.0. The summed E-state index contributed by atoms with van der Waals surface area (Å²) in [5.41, 5.74) is 4.34. The minimum Gasteiger partial charge on any atom is -0.493 e. The number of nitrogens with zero attached hydrogens (tertiary/aromatic N) is 2. The van der Waals surface area contributed by atoms with Crippen LogP contribution in [0.25, 0.3) is 22.3 Å². The van der Waals surface area contributed by atoms with Crippen molar-refractivity contribution in [2.75, 3.05) is 13.2 Å². The highest BCUT2D eigenvalue weighted by Crippen LogP contribution is 2.31. The average molecular weight is 645 g/mol. The zero-order valence-corrected chi connectivity index (χ0v) is 27.3. The van der Waals surface area contributed by atoms with Crippen molar-refractivity contribution in [1.29, 1.82) is 0 Å². The van der Waals surface area contributed by atoms with Gasteiger partial charge >= 0.3 is 6.01 Å². The standard InChI is InChI=1S/C40H40N2O6/c1-3-35-37(47-35)22-25-43-31-13-5-27(6-14-31)29-9-17-33(18-10-29)45-39-21-24-41-40(42-39)46-34-19-11-30(12-20-34)28-7-15-32(16-8-28)44-26-23-38-36(4-2)48-38/h5-21,24,35-38H,3-4,22-23,25-26H2,1-2H3. The Kier molecular flexibility index (Phi) is 9.82. The van der Waals surface area contributed by atoms with E-state index in [0.29, 0.717) is 55.0 Å². The monoisotopic (exact) mass is 644 g/mol. The van der Waals surface area contributed by atoms with Gasteiger partial charge in [0.1, 0.15) is 23.0 Å². The lowest BCUT2D eigenvalue weighted by molar-refractivity contribution is 0.280. The van der Waals surface area contributed by atoms with E-state index >= 15 is 0 Å². The van der Waals surface area contributed by atoms with Crippen LogP contribution in [0.5, 0.6) is 34.9 Å². The predicted octanol–water partition coefficient (Wildman–Crippen LogP) is 9.29. The van der Waals surface area contributed by atoms with Crippen molar-refractivity contribution >= 4 is 0 Å². The molecule has 2 saturated heterocycles. The van der Waals surface area contributed by atoms with Crippen LogP contribution in [0.2, 0.25) is 0 Å². The Hall–Kier alpha value is -4.92. The molecule has 2 aliphatic rings. The van der Waals surface area contributed by atoms with Gasteiger partial charge in [0.05, 0.1) is 37.6 Å². The number of epoxide rings is 2. The number of hydrogen-bond donors (Lipinski definition) is 0. The summed E-state index contributed by atoms with van der Waals surface area (Å²) < 4.78 is 34.9. The van der Waals surface area contributed by atoms with Crippen LogP contribution in [0.15, 0.2) is 109 Å². The Balaban J connectivity index is 0.884. The lowest BCUT2D eigenvalue weighted by Gasteiger charge is -2.09. The van der Waals surface area contributed by atoms with Gasteiger partial charge < -0.3 is 28.4 Å². The molecule has 0 bridgehead atoms. The summed E-state index contributed by atoms with van der Waals surface area (Å²) in [6.07, 6.45) is 7.16. The Labute approximate surface area is 281 Å². The fourth-order valence-corrected chi connectivity index (χ4v) is 5.75. The van der Waals surface area contributed by atoms with Crippen molar-refractivity contribution in [3.05, 3.63) is 109 Å². The second-order valence-corrected chi connectivity index (χ2v) is 12.0. The quantitative estimate of drug-likeness (QED) is 0.0983. The second kappa shape index (κ2) is 14.9. The molecule has 2 aliphatic heterocycles. The number of ether oxygens (including phenoxy) is 6. The molecule has 8 nitrogen and oxygen atoms in total. The summed E-state index contributed by atoms with van der Waals surface area (Å²) in [6, 6.07) is 33.9. The summed E-state index contributed by atoms with van der Waals surface area (Å²) >= 11 is 0. The molecule has 0 amide bonds. The van der Waals surface area contributed by atoms with Crippen molar-refractivity contribution in [2.24, 2.45) is 0 Å². The Morgan fingerprint density at radius 2 is 0.917 bits per heavy atom. The molecule has 0 spiro atoms. The first-order chi connectivity index (χ1) is 23.6. The van der Waals surface area contributed by atoms with Crippen LogP contribution in [-0.4, -0.2) is 47.6 Å². The van der Waals surface area contributed by atoms with Crippen molar-refractivity contribution < 1.29 is 28.4 Å². The van der Waals surface area contributed by atoms with E-state index in [4.69, 9.17) is 28.4 Å². The normalized spacial score (nSPS) is 19.4. The van der Waals surface area contributed by atoms with E-state index in [1.54, 1.807) is 12.3 Å². The summed E-state index contributed by atoms with van der Waals surface area (Å²) in [5, 5.41) is 0. The van der Waals surface area contributed by atoms with Crippen LogP contribution in [0.4, 0.5) is 0 Å². The Bertz CT molecular complexity index is 1630. The zero-order chi connectivity index (χ0) is 32.7. The lowest BCUT2D eigenvalue weighted by atomic mass is 10.1. The third-order valence-corrected chi connectivity index (χ3v) is 8.65. The minimum absolute atomic E-state index is 0.206. The van der Waals surface area contributed by atoms with Gasteiger partial charge in [-0.1, -0.05) is 62.4 Å². The molecule has 1 aromatic heterocycles. The summed E-state index contributed by atoms with van der Waals surface area (Å²) in [7, 11) is 0. The van der Waals surface area contributed by atoms with E-state index in [1.165, 1.54) is 0 Å². The molecule has 2 fully saturated rings. The summed E-state index contributed by atoms with van der Waals surface area (Å²) in [6.45, 7) is 5.63. The van der Waals surface area contributed by atoms with E-state index in [1.807, 2.05) is 72.8 Å². The van der Waals surface area contributed by atoms with E-state index in [-0.39, 0.29) is 6.01 Å². The van der Waals surface area contributed by atoms with Gasteiger partial charge in [0.2, 0.25) is 5.88 Å². The molecule has 0 aliphatic carbocycles. The van der Waals surface area contributed by atoms with Gasteiger partial charge in [-0.25, -0.2) is 4.98 Å². The molecule has 246 valence electrons. The first-order valence-electron chi connectivity index (χ1n) is 16.8. The van der Waals surface area contributed by atoms with Crippen molar-refractivity contribution in [1.82, 2.24) is 9.97 Å². The lowest BCUT2D eigenvalue weighted by Crippen LogP contribution is -2.03. The molecule has 7 rings (SSSR count). The molecule has 8 heteroatoms. The highest BCUT2D eigenvalue weighted by atomic mass is 16.6. The maximum Gasteiger partial charge on any atom is 0.325 e. The number of aromatic nitrogens is 2. The highest BCUT2D eigenvalue weighted by molar-refractivity contribution is 5.66. The van der Waals surface area contributed by atoms with Crippen LogP contribution in [-0.2, 0) is 9.47 Å². The first-order valence-corrected chi connectivity index (χ1v) is 16.8. The number of benzene rings is 4. The van der Waals surface area contributed by atoms with E-state index < -0.39 is 0 Å². The van der Waals surface area contributed by atoms with Crippen LogP contribution in [0, 0.1) is 0 Å². The van der Waals surface area contributed by atoms with Crippen LogP contribution >= 0.6 is 0 Å². The molecule has 4 aromatic carbocycles. The van der Waals surface area contributed by atoms with Crippen molar-refractivity contribution in [3.63, 3.8) is 0 Å². The van der Waals surface area contributed by atoms with Gasteiger partial charge in [-0.05, 0) is 83.6 Å². The fourth-order valence-electron chi connectivity index (χ4n) is 5.75. The van der Waals surface area contributed by atoms with Crippen LogP contribution in [0.3, 0.4) is 0 Å². The molecule has 5 aromatic rings. The maximum absolute atomic E-state index is 6.01. The molecule has 48 heavy (non-hydrogen) atoms. The molecular weight excluding hydrogens is 604 g/mol. The summed E-state index contributed by atoms with van der Waals surface area (Å²) in [5.74, 6) is 3.41.